The lowest BCUT2D eigenvalue weighted by Gasteiger charge is -2.20. The molecule has 1 nitrogen and oxygen atoms in total. The van der Waals surface area contributed by atoms with Crippen LogP contribution >= 0.6 is 0 Å². The standard InChI is InChI=1S/C11H19N/c1-6-9(11(3,4)5)8-10(12)7-2/h6-8H,1,12H2,2-5H3/b9-8+,10-7+. The van der Waals surface area contributed by atoms with E-state index in [1.165, 1.54) is 0 Å². The fourth-order valence-corrected chi connectivity index (χ4v) is 0.845. The summed E-state index contributed by atoms with van der Waals surface area (Å²) in [6.07, 6.45) is 5.71. The maximum Gasteiger partial charge on any atom is 0.0273 e. The van der Waals surface area contributed by atoms with Gasteiger partial charge >= 0.3 is 0 Å². The predicted molar refractivity (Wildman–Crippen MR) is 55.7 cm³/mol. The normalized spacial score (nSPS) is 14.7. The molecule has 0 fully saturated rings. The van der Waals surface area contributed by atoms with Gasteiger partial charge in [-0.3, -0.25) is 0 Å². The van der Waals surface area contributed by atoms with E-state index in [0.717, 1.165) is 11.3 Å². The number of allylic oxidation sites excluding steroid dienone is 4. The monoisotopic (exact) mass is 165 g/mol. The third-order valence-electron chi connectivity index (χ3n) is 1.74. The van der Waals surface area contributed by atoms with E-state index in [0.29, 0.717) is 0 Å². The minimum atomic E-state index is 0.120. The average molecular weight is 165 g/mol. The Morgan fingerprint density at radius 1 is 1.33 bits per heavy atom. The molecule has 2 N–H and O–H groups in total. The van der Waals surface area contributed by atoms with Crippen molar-refractivity contribution in [3.8, 4) is 0 Å². The molecule has 0 bridgehead atoms. The zero-order valence-corrected chi connectivity index (χ0v) is 8.52. The van der Waals surface area contributed by atoms with Crippen LogP contribution in [0.25, 0.3) is 0 Å². The lowest BCUT2D eigenvalue weighted by atomic mass is 9.86. The van der Waals surface area contributed by atoms with Gasteiger partial charge < -0.3 is 5.73 Å². The van der Waals surface area contributed by atoms with Gasteiger partial charge in [-0.05, 0) is 24.0 Å². The van der Waals surface area contributed by atoms with Crippen molar-refractivity contribution in [2.24, 2.45) is 11.1 Å². The van der Waals surface area contributed by atoms with E-state index in [-0.39, 0.29) is 5.41 Å². The van der Waals surface area contributed by atoms with Gasteiger partial charge in [-0.1, -0.05) is 39.5 Å². The third kappa shape index (κ3) is 3.42. The Hall–Kier alpha value is -0.980. The van der Waals surface area contributed by atoms with Gasteiger partial charge in [0.25, 0.3) is 0 Å². The predicted octanol–water partition coefficient (Wildman–Crippen LogP) is 3.01. The molecule has 0 heterocycles. The van der Waals surface area contributed by atoms with E-state index in [1.54, 1.807) is 0 Å². The molecule has 0 aromatic rings. The molecule has 0 amide bonds. The number of hydrogen-bond donors (Lipinski definition) is 1. The molecular weight excluding hydrogens is 146 g/mol. The van der Waals surface area contributed by atoms with Crippen LogP contribution in [-0.4, -0.2) is 0 Å². The largest absolute Gasteiger partial charge is 0.399 e. The Balaban J connectivity index is 4.80. The van der Waals surface area contributed by atoms with Crippen LogP contribution in [0.15, 0.2) is 36.1 Å². The van der Waals surface area contributed by atoms with E-state index in [9.17, 15) is 0 Å². The first kappa shape index (κ1) is 11.0. The Bertz CT molecular complexity index is 214. The number of hydrogen-bond acceptors (Lipinski definition) is 1. The van der Waals surface area contributed by atoms with Crippen molar-refractivity contribution in [3.63, 3.8) is 0 Å². The highest BCUT2D eigenvalue weighted by Gasteiger charge is 2.13. The SMILES string of the molecule is C=C/C(=C\C(N)=C/C)C(C)(C)C. The summed E-state index contributed by atoms with van der Waals surface area (Å²) in [6.45, 7) is 12.1. The summed E-state index contributed by atoms with van der Waals surface area (Å²) in [7, 11) is 0. The summed E-state index contributed by atoms with van der Waals surface area (Å²) < 4.78 is 0. The van der Waals surface area contributed by atoms with Gasteiger partial charge in [0.05, 0.1) is 0 Å². The maximum atomic E-state index is 5.68. The summed E-state index contributed by atoms with van der Waals surface area (Å²) in [5.74, 6) is 0. The van der Waals surface area contributed by atoms with Crippen LogP contribution in [0.2, 0.25) is 0 Å². The molecule has 0 spiro atoms. The Kier molecular flexibility index (Phi) is 3.81. The molecule has 0 aliphatic carbocycles. The fourth-order valence-electron chi connectivity index (χ4n) is 0.845. The zero-order chi connectivity index (χ0) is 9.78. The molecule has 0 rings (SSSR count). The van der Waals surface area contributed by atoms with Crippen LogP contribution in [0.5, 0.6) is 0 Å². The highest BCUT2D eigenvalue weighted by molar-refractivity contribution is 5.31. The van der Waals surface area contributed by atoms with Crippen molar-refractivity contribution in [3.05, 3.63) is 36.1 Å². The van der Waals surface area contributed by atoms with E-state index in [2.05, 4.69) is 27.4 Å². The van der Waals surface area contributed by atoms with E-state index in [4.69, 9.17) is 5.73 Å². The van der Waals surface area contributed by atoms with Gasteiger partial charge in [0.15, 0.2) is 0 Å². The minimum Gasteiger partial charge on any atom is -0.399 e. The van der Waals surface area contributed by atoms with Gasteiger partial charge in [0.2, 0.25) is 0 Å². The molecule has 68 valence electrons. The van der Waals surface area contributed by atoms with Crippen LogP contribution in [0.3, 0.4) is 0 Å². The third-order valence-corrected chi connectivity index (χ3v) is 1.74. The molecule has 0 aromatic heterocycles. The average Bonchev–Trinajstić information content (AvgIpc) is 1.97. The molecule has 0 atom stereocenters. The van der Waals surface area contributed by atoms with Crippen molar-refractivity contribution in [1.29, 1.82) is 0 Å². The zero-order valence-electron chi connectivity index (χ0n) is 8.52. The molecule has 12 heavy (non-hydrogen) atoms. The number of rotatable bonds is 2. The van der Waals surface area contributed by atoms with Crippen molar-refractivity contribution in [2.45, 2.75) is 27.7 Å². The molecule has 0 saturated carbocycles. The summed E-state index contributed by atoms with van der Waals surface area (Å²) in [4.78, 5) is 0. The topological polar surface area (TPSA) is 26.0 Å². The maximum absolute atomic E-state index is 5.68. The molecular formula is C11H19N. The number of nitrogens with two attached hydrogens (primary N) is 1. The summed E-state index contributed by atoms with van der Waals surface area (Å²) >= 11 is 0. The van der Waals surface area contributed by atoms with Crippen LogP contribution in [0.1, 0.15) is 27.7 Å². The van der Waals surface area contributed by atoms with E-state index < -0.39 is 0 Å². The summed E-state index contributed by atoms with van der Waals surface area (Å²) in [6, 6.07) is 0. The molecule has 0 aliphatic heterocycles. The highest BCUT2D eigenvalue weighted by atomic mass is 14.6. The van der Waals surface area contributed by atoms with Gasteiger partial charge in [0.1, 0.15) is 0 Å². The minimum absolute atomic E-state index is 0.120. The van der Waals surface area contributed by atoms with Gasteiger partial charge in [0, 0.05) is 5.70 Å². The molecule has 0 saturated heterocycles. The van der Waals surface area contributed by atoms with Crippen molar-refractivity contribution in [2.75, 3.05) is 0 Å². The second-order valence-electron chi connectivity index (χ2n) is 3.84. The van der Waals surface area contributed by atoms with Gasteiger partial charge in [-0.15, -0.1) is 0 Å². The Morgan fingerprint density at radius 3 is 2.08 bits per heavy atom. The van der Waals surface area contributed by atoms with Crippen LogP contribution in [-0.2, 0) is 0 Å². The lowest BCUT2D eigenvalue weighted by Crippen LogP contribution is -2.08. The fraction of sp³-hybridized carbons (Fsp3) is 0.455. The van der Waals surface area contributed by atoms with E-state index in [1.807, 2.05) is 25.2 Å². The molecule has 1 heteroatoms. The molecule has 0 aliphatic rings. The van der Waals surface area contributed by atoms with Crippen LogP contribution in [0.4, 0.5) is 0 Å². The first-order valence-electron chi connectivity index (χ1n) is 4.18. The van der Waals surface area contributed by atoms with Gasteiger partial charge in [-0.2, -0.15) is 0 Å². The van der Waals surface area contributed by atoms with E-state index >= 15 is 0 Å². The van der Waals surface area contributed by atoms with Crippen molar-refractivity contribution in [1.82, 2.24) is 0 Å². The lowest BCUT2D eigenvalue weighted by molar-refractivity contribution is 0.517. The Labute approximate surface area is 75.7 Å². The summed E-state index contributed by atoms with van der Waals surface area (Å²) in [5.41, 5.74) is 7.76. The molecule has 0 unspecified atom stereocenters. The molecule has 0 radical (unpaired) electrons. The molecule has 0 aromatic carbocycles. The first-order chi connectivity index (χ1) is 5.41. The van der Waals surface area contributed by atoms with Crippen LogP contribution < -0.4 is 5.73 Å². The van der Waals surface area contributed by atoms with Crippen LogP contribution in [0, 0.1) is 5.41 Å². The summed E-state index contributed by atoms with van der Waals surface area (Å²) in [5, 5.41) is 0. The quantitative estimate of drug-likeness (QED) is 0.625. The van der Waals surface area contributed by atoms with Crippen molar-refractivity contribution < 1.29 is 0 Å². The van der Waals surface area contributed by atoms with Gasteiger partial charge in [-0.25, -0.2) is 0 Å². The van der Waals surface area contributed by atoms with Crippen molar-refractivity contribution >= 4 is 0 Å². The smallest absolute Gasteiger partial charge is 0.0273 e. The second kappa shape index (κ2) is 4.15. The Morgan fingerprint density at radius 2 is 1.83 bits per heavy atom. The highest BCUT2D eigenvalue weighted by Crippen LogP contribution is 2.26. The second-order valence-corrected chi connectivity index (χ2v) is 3.84. The first-order valence-corrected chi connectivity index (χ1v) is 4.18.